The molecule has 2 rings (SSSR count). The molecule has 3 N–H and O–H groups in total. The van der Waals surface area contributed by atoms with Crippen molar-refractivity contribution in [3.8, 4) is 11.8 Å². The van der Waals surface area contributed by atoms with Gasteiger partial charge in [0.25, 0.3) is 5.91 Å². The van der Waals surface area contributed by atoms with E-state index in [1.54, 1.807) is 19.1 Å². The normalized spacial score (nSPS) is 9.67. The summed E-state index contributed by atoms with van der Waals surface area (Å²) in [5, 5.41) is 2.71. The Kier molecular flexibility index (Phi) is 4.64. The van der Waals surface area contributed by atoms with Gasteiger partial charge in [-0.1, -0.05) is 11.8 Å². The monoisotopic (exact) mass is 283 g/mol. The standard InChI is InChI=1S/C16H14FN3O/c1-11-9-13(4-5-15(11)17)20-16(21)14-6-8-19-10-12(14)3-2-7-18/h4-6,8-10H,7,18H2,1H3,(H,20,21). The molecule has 1 amide bonds. The summed E-state index contributed by atoms with van der Waals surface area (Å²) in [6, 6.07) is 5.96. The van der Waals surface area contributed by atoms with Gasteiger partial charge in [-0.25, -0.2) is 4.39 Å². The zero-order valence-electron chi connectivity index (χ0n) is 11.5. The molecule has 0 aliphatic rings. The summed E-state index contributed by atoms with van der Waals surface area (Å²) >= 11 is 0. The van der Waals surface area contributed by atoms with Crippen molar-refractivity contribution in [3.63, 3.8) is 0 Å². The number of amides is 1. The largest absolute Gasteiger partial charge is 0.322 e. The third-order valence-electron chi connectivity index (χ3n) is 2.81. The fourth-order valence-corrected chi connectivity index (χ4v) is 1.76. The van der Waals surface area contributed by atoms with E-state index in [2.05, 4.69) is 22.1 Å². The minimum absolute atomic E-state index is 0.201. The Morgan fingerprint density at radius 1 is 1.43 bits per heavy atom. The minimum Gasteiger partial charge on any atom is -0.322 e. The first-order valence-electron chi connectivity index (χ1n) is 6.32. The maximum Gasteiger partial charge on any atom is 0.257 e. The molecule has 4 nitrogen and oxygen atoms in total. The molecular formula is C16H14FN3O. The van der Waals surface area contributed by atoms with E-state index >= 15 is 0 Å². The van der Waals surface area contributed by atoms with Gasteiger partial charge in [0.05, 0.1) is 17.7 Å². The molecule has 106 valence electrons. The van der Waals surface area contributed by atoms with Crippen LogP contribution in [0, 0.1) is 24.6 Å². The Bertz CT molecular complexity index is 732. The lowest BCUT2D eigenvalue weighted by atomic mass is 10.1. The maximum atomic E-state index is 13.2. The number of rotatable bonds is 2. The Morgan fingerprint density at radius 3 is 2.95 bits per heavy atom. The fraction of sp³-hybridized carbons (Fsp3) is 0.125. The Balaban J connectivity index is 2.26. The number of nitrogens with one attached hydrogen (secondary N) is 1. The lowest BCUT2D eigenvalue weighted by Gasteiger charge is -2.07. The SMILES string of the molecule is Cc1cc(NC(=O)c2ccncc2C#CCN)ccc1F. The van der Waals surface area contributed by atoms with Crippen molar-refractivity contribution < 1.29 is 9.18 Å². The van der Waals surface area contributed by atoms with Crippen LogP contribution in [0.3, 0.4) is 0 Å². The summed E-state index contributed by atoms with van der Waals surface area (Å²) in [5.41, 5.74) is 7.21. The van der Waals surface area contributed by atoms with E-state index in [9.17, 15) is 9.18 Å². The van der Waals surface area contributed by atoms with Crippen LogP contribution in [-0.4, -0.2) is 17.4 Å². The summed E-state index contributed by atoms with van der Waals surface area (Å²) in [7, 11) is 0. The van der Waals surface area contributed by atoms with E-state index in [1.807, 2.05) is 0 Å². The molecule has 21 heavy (non-hydrogen) atoms. The highest BCUT2D eigenvalue weighted by Crippen LogP contribution is 2.15. The Hall–Kier alpha value is -2.71. The van der Waals surface area contributed by atoms with Crippen molar-refractivity contribution in [3.05, 3.63) is 59.2 Å². The van der Waals surface area contributed by atoms with Gasteiger partial charge in [0.15, 0.2) is 0 Å². The van der Waals surface area contributed by atoms with E-state index < -0.39 is 0 Å². The van der Waals surface area contributed by atoms with Crippen LogP contribution in [0.1, 0.15) is 21.5 Å². The van der Waals surface area contributed by atoms with E-state index in [4.69, 9.17) is 5.73 Å². The summed E-state index contributed by atoms with van der Waals surface area (Å²) in [4.78, 5) is 16.2. The van der Waals surface area contributed by atoms with Crippen LogP contribution in [0.25, 0.3) is 0 Å². The predicted octanol–water partition coefficient (Wildman–Crippen LogP) is 2.09. The molecule has 0 saturated carbocycles. The van der Waals surface area contributed by atoms with E-state index in [0.717, 1.165) is 0 Å². The number of hydrogen-bond donors (Lipinski definition) is 2. The van der Waals surface area contributed by atoms with Gasteiger partial charge in [0, 0.05) is 18.1 Å². The van der Waals surface area contributed by atoms with Crippen molar-refractivity contribution in [2.75, 3.05) is 11.9 Å². The van der Waals surface area contributed by atoms with Crippen LogP contribution >= 0.6 is 0 Å². The Labute approximate surface area is 122 Å². The average Bonchev–Trinajstić information content (AvgIpc) is 2.49. The van der Waals surface area contributed by atoms with E-state index in [-0.39, 0.29) is 18.3 Å². The van der Waals surface area contributed by atoms with Gasteiger partial charge in [-0.05, 0) is 36.8 Å². The number of benzene rings is 1. The summed E-state index contributed by atoms with van der Waals surface area (Å²) in [6.45, 7) is 1.84. The number of carbonyl (C=O) groups is 1. The number of aryl methyl sites for hydroxylation is 1. The molecule has 1 heterocycles. The molecule has 1 aromatic heterocycles. The van der Waals surface area contributed by atoms with Gasteiger partial charge in [-0.2, -0.15) is 0 Å². The second-order valence-corrected chi connectivity index (χ2v) is 4.35. The van der Waals surface area contributed by atoms with Crippen molar-refractivity contribution in [1.82, 2.24) is 4.98 Å². The highest BCUT2D eigenvalue weighted by atomic mass is 19.1. The molecule has 0 radical (unpaired) electrons. The van der Waals surface area contributed by atoms with Crippen LogP contribution in [0.4, 0.5) is 10.1 Å². The number of hydrogen-bond acceptors (Lipinski definition) is 3. The quantitative estimate of drug-likeness (QED) is 0.829. The number of halogens is 1. The number of aromatic nitrogens is 1. The van der Waals surface area contributed by atoms with Crippen LogP contribution in [0.15, 0.2) is 36.7 Å². The highest BCUT2D eigenvalue weighted by Gasteiger charge is 2.11. The first-order chi connectivity index (χ1) is 10.1. The number of nitrogens with two attached hydrogens (primary N) is 1. The van der Waals surface area contributed by atoms with Gasteiger partial charge in [0.1, 0.15) is 5.82 Å². The minimum atomic E-state index is -0.329. The number of carbonyl (C=O) groups excluding carboxylic acids is 1. The fourth-order valence-electron chi connectivity index (χ4n) is 1.76. The topological polar surface area (TPSA) is 68.0 Å². The third-order valence-corrected chi connectivity index (χ3v) is 2.81. The van der Waals surface area contributed by atoms with Gasteiger partial charge in [0.2, 0.25) is 0 Å². The molecule has 1 aromatic carbocycles. The molecule has 0 spiro atoms. The van der Waals surface area contributed by atoms with Gasteiger partial charge >= 0.3 is 0 Å². The molecule has 0 atom stereocenters. The molecule has 0 aliphatic carbocycles. The molecule has 0 bridgehead atoms. The maximum absolute atomic E-state index is 13.2. The summed E-state index contributed by atoms with van der Waals surface area (Å²) in [6.07, 6.45) is 3.02. The second-order valence-electron chi connectivity index (χ2n) is 4.35. The van der Waals surface area contributed by atoms with Crippen molar-refractivity contribution in [2.24, 2.45) is 5.73 Å². The molecule has 0 fully saturated rings. The smallest absolute Gasteiger partial charge is 0.257 e. The number of pyridine rings is 1. The van der Waals surface area contributed by atoms with Gasteiger partial charge < -0.3 is 11.1 Å². The van der Waals surface area contributed by atoms with E-state index in [1.165, 1.54) is 24.5 Å². The number of anilines is 1. The van der Waals surface area contributed by atoms with Crippen LogP contribution < -0.4 is 11.1 Å². The molecule has 0 saturated heterocycles. The molecule has 0 unspecified atom stereocenters. The lowest BCUT2D eigenvalue weighted by molar-refractivity contribution is 0.102. The first kappa shape index (κ1) is 14.7. The zero-order valence-corrected chi connectivity index (χ0v) is 11.5. The van der Waals surface area contributed by atoms with Crippen molar-refractivity contribution in [2.45, 2.75) is 6.92 Å². The predicted molar refractivity (Wildman–Crippen MR) is 79.3 cm³/mol. The van der Waals surface area contributed by atoms with Crippen molar-refractivity contribution >= 4 is 11.6 Å². The molecular weight excluding hydrogens is 269 g/mol. The van der Waals surface area contributed by atoms with Gasteiger partial charge in [-0.3, -0.25) is 9.78 Å². The van der Waals surface area contributed by atoms with Gasteiger partial charge in [-0.15, -0.1) is 0 Å². The number of nitrogens with zero attached hydrogens (tertiary/aromatic N) is 1. The van der Waals surface area contributed by atoms with Crippen LogP contribution in [0.5, 0.6) is 0 Å². The first-order valence-corrected chi connectivity index (χ1v) is 6.32. The zero-order chi connectivity index (χ0) is 15.2. The third kappa shape index (κ3) is 3.65. The highest BCUT2D eigenvalue weighted by molar-refractivity contribution is 6.05. The van der Waals surface area contributed by atoms with Crippen LogP contribution in [0.2, 0.25) is 0 Å². The van der Waals surface area contributed by atoms with E-state index in [0.29, 0.717) is 22.4 Å². The molecule has 5 heteroatoms. The lowest BCUT2D eigenvalue weighted by Crippen LogP contribution is -2.14. The molecule has 2 aromatic rings. The average molecular weight is 283 g/mol. The second kappa shape index (κ2) is 6.64. The van der Waals surface area contributed by atoms with Crippen molar-refractivity contribution in [1.29, 1.82) is 0 Å². The van der Waals surface area contributed by atoms with Crippen LogP contribution in [-0.2, 0) is 0 Å². The summed E-state index contributed by atoms with van der Waals surface area (Å²) < 4.78 is 13.2. The summed E-state index contributed by atoms with van der Waals surface area (Å²) in [5.74, 6) is 4.85. The molecule has 0 aliphatic heterocycles. The Morgan fingerprint density at radius 2 is 2.24 bits per heavy atom.